The van der Waals surface area contributed by atoms with E-state index in [9.17, 15) is 5.11 Å². The third-order valence-corrected chi connectivity index (χ3v) is 5.39. The van der Waals surface area contributed by atoms with E-state index in [1.165, 1.54) is 17.7 Å². The van der Waals surface area contributed by atoms with Crippen molar-refractivity contribution in [3.8, 4) is 10.7 Å². The average Bonchev–Trinajstić information content (AvgIpc) is 3.05. The van der Waals surface area contributed by atoms with Crippen molar-refractivity contribution in [1.82, 2.24) is 19.8 Å². The van der Waals surface area contributed by atoms with Gasteiger partial charge in [0.25, 0.3) is 0 Å². The number of pyridine rings is 1. The smallest absolute Gasteiger partial charge is 0.142 e. The van der Waals surface area contributed by atoms with Gasteiger partial charge in [-0.1, -0.05) is 6.07 Å². The van der Waals surface area contributed by atoms with Crippen LogP contribution in [0.2, 0.25) is 0 Å². The standard InChI is InChI=1S/C17H24N4OS/c1-20-8-5-14(6-9-20)21(10-11-22)13-15-12-19-17(23-15)16-4-2-3-7-18-16/h2-4,7,12,14,22H,5-6,8-11,13H2,1H3. The lowest BCUT2D eigenvalue weighted by Crippen LogP contribution is -2.44. The van der Waals surface area contributed by atoms with Gasteiger partial charge in [0, 0.05) is 36.4 Å². The molecule has 0 atom stereocenters. The third-order valence-electron chi connectivity index (χ3n) is 4.39. The van der Waals surface area contributed by atoms with Crippen molar-refractivity contribution in [2.75, 3.05) is 33.3 Å². The van der Waals surface area contributed by atoms with Crippen molar-refractivity contribution < 1.29 is 5.11 Å². The molecule has 6 heteroatoms. The van der Waals surface area contributed by atoms with Crippen molar-refractivity contribution >= 4 is 11.3 Å². The number of piperidine rings is 1. The summed E-state index contributed by atoms with van der Waals surface area (Å²) in [6, 6.07) is 6.45. The molecule has 1 N–H and O–H groups in total. The molecule has 124 valence electrons. The Morgan fingerprint density at radius 1 is 1.30 bits per heavy atom. The first-order valence-electron chi connectivity index (χ1n) is 8.16. The van der Waals surface area contributed by atoms with Crippen LogP contribution in [0.1, 0.15) is 17.7 Å². The third kappa shape index (κ3) is 4.35. The van der Waals surface area contributed by atoms with Gasteiger partial charge in [-0.3, -0.25) is 9.88 Å². The lowest BCUT2D eigenvalue weighted by molar-refractivity contribution is 0.0949. The molecule has 0 amide bonds. The number of aromatic nitrogens is 2. The van der Waals surface area contributed by atoms with Crippen LogP contribution in [0.5, 0.6) is 0 Å². The van der Waals surface area contributed by atoms with Gasteiger partial charge in [-0.2, -0.15) is 0 Å². The number of hydrogen-bond acceptors (Lipinski definition) is 6. The number of rotatable bonds is 6. The Labute approximate surface area is 141 Å². The van der Waals surface area contributed by atoms with E-state index in [1.807, 2.05) is 24.4 Å². The zero-order valence-corrected chi connectivity index (χ0v) is 14.4. The molecule has 0 aliphatic carbocycles. The molecular weight excluding hydrogens is 308 g/mol. The Bertz CT molecular complexity index is 596. The molecule has 0 saturated carbocycles. The van der Waals surface area contributed by atoms with Crippen LogP contribution < -0.4 is 0 Å². The SMILES string of the molecule is CN1CCC(N(CCO)Cc2cnc(-c3ccccn3)s2)CC1. The molecule has 0 unspecified atom stereocenters. The number of aliphatic hydroxyl groups excluding tert-OH is 1. The topological polar surface area (TPSA) is 52.5 Å². The molecule has 5 nitrogen and oxygen atoms in total. The second-order valence-electron chi connectivity index (χ2n) is 6.08. The molecule has 2 aromatic rings. The van der Waals surface area contributed by atoms with Crippen molar-refractivity contribution in [1.29, 1.82) is 0 Å². The van der Waals surface area contributed by atoms with Crippen LogP contribution in [0.4, 0.5) is 0 Å². The maximum absolute atomic E-state index is 9.41. The molecule has 2 aromatic heterocycles. The van der Waals surface area contributed by atoms with E-state index >= 15 is 0 Å². The van der Waals surface area contributed by atoms with Crippen LogP contribution >= 0.6 is 11.3 Å². The average molecular weight is 332 g/mol. The van der Waals surface area contributed by atoms with Crippen LogP contribution in [0.3, 0.4) is 0 Å². The van der Waals surface area contributed by atoms with E-state index in [4.69, 9.17) is 0 Å². The maximum atomic E-state index is 9.41. The van der Waals surface area contributed by atoms with Crippen molar-refractivity contribution in [3.05, 3.63) is 35.5 Å². The summed E-state index contributed by atoms with van der Waals surface area (Å²) in [6.07, 6.45) is 6.09. The Morgan fingerprint density at radius 2 is 2.13 bits per heavy atom. The minimum Gasteiger partial charge on any atom is -0.395 e. The summed E-state index contributed by atoms with van der Waals surface area (Å²) in [5, 5.41) is 10.4. The van der Waals surface area contributed by atoms with E-state index in [-0.39, 0.29) is 6.61 Å². The van der Waals surface area contributed by atoms with Crippen LogP contribution in [-0.2, 0) is 6.54 Å². The summed E-state index contributed by atoms with van der Waals surface area (Å²) < 4.78 is 0. The summed E-state index contributed by atoms with van der Waals surface area (Å²) in [7, 11) is 2.18. The first-order valence-corrected chi connectivity index (χ1v) is 8.97. The number of thiazole rings is 1. The predicted molar refractivity (Wildman–Crippen MR) is 93.4 cm³/mol. The van der Waals surface area contributed by atoms with Gasteiger partial charge in [0.15, 0.2) is 0 Å². The highest BCUT2D eigenvalue weighted by Gasteiger charge is 2.23. The van der Waals surface area contributed by atoms with E-state index in [0.29, 0.717) is 6.04 Å². The molecule has 0 radical (unpaired) electrons. The molecule has 3 heterocycles. The quantitative estimate of drug-likeness (QED) is 0.878. The van der Waals surface area contributed by atoms with Crippen molar-refractivity contribution in [2.24, 2.45) is 0 Å². The number of nitrogens with zero attached hydrogens (tertiary/aromatic N) is 4. The fourth-order valence-electron chi connectivity index (χ4n) is 3.07. The lowest BCUT2D eigenvalue weighted by atomic mass is 10.0. The van der Waals surface area contributed by atoms with E-state index in [2.05, 4.69) is 26.8 Å². The van der Waals surface area contributed by atoms with Crippen LogP contribution in [0.15, 0.2) is 30.6 Å². The normalized spacial score (nSPS) is 17.0. The Hall–Kier alpha value is -1.34. The summed E-state index contributed by atoms with van der Waals surface area (Å²) in [6.45, 7) is 4.06. The fraction of sp³-hybridized carbons (Fsp3) is 0.529. The summed E-state index contributed by atoms with van der Waals surface area (Å²) in [4.78, 5) is 14.9. The molecule has 1 saturated heterocycles. The van der Waals surface area contributed by atoms with Gasteiger partial charge in [-0.05, 0) is 45.1 Å². The molecule has 0 aromatic carbocycles. The summed E-state index contributed by atoms with van der Waals surface area (Å²) >= 11 is 1.70. The van der Waals surface area contributed by atoms with E-state index < -0.39 is 0 Å². The zero-order chi connectivity index (χ0) is 16.1. The highest BCUT2D eigenvalue weighted by atomic mass is 32.1. The Kier molecular flexibility index (Phi) is 5.72. The maximum Gasteiger partial charge on any atom is 0.142 e. The van der Waals surface area contributed by atoms with Gasteiger partial charge in [0.2, 0.25) is 0 Å². The summed E-state index contributed by atoms with van der Waals surface area (Å²) in [5.74, 6) is 0. The molecule has 23 heavy (non-hydrogen) atoms. The van der Waals surface area contributed by atoms with Gasteiger partial charge in [0.1, 0.15) is 5.01 Å². The van der Waals surface area contributed by atoms with Crippen LogP contribution in [-0.4, -0.2) is 64.2 Å². The second kappa shape index (κ2) is 7.97. The molecule has 1 aliphatic rings. The van der Waals surface area contributed by atoms with Gasteiger partial charge in [-0.15, -0.1) is 11.3 Å². The molecule has 0 bridgehead atoms. The van der Waals surface area contributed by atoms with Gasteiger partial charge in [0.05, 0.1) is 12.3 Å². The van der Waals surface area contributed by atoms with Crippen molar-refractivity contribution in [2.45, 2.75) is 25.4 Å². The van der Waals surface area contributed by atoms with Crippen LogP contribution in [0.25, 0.3) is 10.7 Å². The van der Waals surface area contributed by atoms with Crippen molar-refractivity contribution in [3.63, 3.8) is 0 Å². The zero-order valence-electron chi connectivity index (χ0n) is 13.6. The Balaban J connectivity index is 1.67. The second-order valence-corrected chi connectivity index (χ2v) is 7.19. The number of likely N-dealkylation sites (tertiary alicyclic amines) is 1. The first-order chi connectivity index (χ1) is 11.3. The lowest BCUT2D eigenvalue weighted by Gasteiger charge is -2.36. The first kappa shape index (κ1) is 16.5. The molecule has 1 aliphatic heterocycles. The number of aliphatic hydroxyl groups is 1. The van der Waals surface area contributed by atoms with Crippen LogP contribution in [0, 0.1) is 0 Å². The van der Waals surface area contributed by atoms with Gasteiger partial charge < -0.3 is 10.0 Å². The largest absolute Gasteiger partial charge is 0.395 e. The molecule has 1 fully saturated rings. The molecular formula is C17H24N4OS. The highest BCUT2D eigenvalue weighted by molar-refractivity contribution is 7.14. The van der Waals surface area contributed by atoms with E-state index in [1.54, 1.807) is 17.5 Å². The minimum atomic E-state index is 0.207. The predicted octanol–water partition coefficient (Wildman–Crippen LogP) is 2.09. The fourth-order valence-corrected chi connectivity index (χ4v) is 3.98. The Morgan fingerprint density at radius 3 is 2.83 bits per heavy atom. The van der Waals surface area contributed by atoms with Gasteiger partial charge >= 0.3 is 0 Å². The minimum absolute atomic E-state index is 0.207. The summed E-state index contributed by atoms with van der Waals surface area (Å²) in [5.41, 5.74) is 0.928. The molecule has 0 spiro atoms. The number of hydrogen-bond donors (Lipinski definition) is 1. The van der Waals surface area contributed by atoms with E-state index in [0.717, 1.165) is 36.9 Å². The monoisotopic (exact) mass is 332 g/mol. The van der Waals surface area contributed by atoms with Gasteiger partial charge in [-0.25, -0.2) is 4.98 Å². The highest BCUT2D eigenvalue weighted by Crippen LogP contribution is 2.26. The molecule has 3 rings (SSSR count).